The number of aliphatic carboxylic acids is 1. The Hall–Kier alpha value is -1.06. The summed E-state index contributed by atoms with van der Waals surface area (Å²) >= 11 is 6.31. The summed E-state index contributed by atoms with van der Waals surface area (Å²) in [6, 6.07) is 2.08. The van der Waals surface area contributed by atoms with Crippen molar-refractivity contribution in [1.82, 2.24) is 14.8 Å². The van der Waals surface area contributed by atoms with Crippen LogP contribution in [0.25, 0.3) is 0 Å². The first-order valence-corrected chi connectivity index (χ1v) is 8.89. The van der Waals surface area contributed by atoms with Crippen LogP contribution in [0, 0.1) is 0 Å². The predicted octanol–water partition coefficient (Wildman–Crippen LogP) is 2.94. The molecule has 21 heavy (non-hydrogen) atoms. The minimum atomic E-state index is -0.857. The molecule has 2 aromatic heterocycles. The summed E-state index contributed by atoms with van der Waals surface area (Å²) in [5, 5.41) is 19.7. The lowest BCUT2D eigenvalue weighted by Gasteiger charge is -2.18. The molecule has 0 aliphatic carbocycles. The van der Waals surface area contributed by atoms with E-state index >= 15 is 0 Å². The van der Waals surface area contributed by atoms with Crippen LogP contribution in [0.5, 0.6) is 0 Å². The third kappa shape index (κ3) is 4.21. The molecule has 114 valence electrons. The van der Waals surface area contributed by atoms with Crippen LogP contribution < -0.4 is 4.90 Å². The van der Waals surface area contributed by atoms with Crippen molar-refractivity contribution in [1.29, 1.82) is 0 Å². The van der Waals surface area contributed by atoms with Gasteiger partial charge in [-0.05, 0) is 28.9 Å². The Morgan fingerprint density at radius 2 is 2.33 bits per heavy atom. The summed E-state index contributed by atoms with van der Waals surface area (Å²) in [5.74, 6) is -0.126. The van der Waals surface area contributed by atoms with E-state index in [0.29, 0.717) is 11.7 Å². The van der Waals surface area contributed by atoms with Gasteiger partial charge in [-0.25, -0.2) is 0 Å². The third-order valence-electron chi connectivity index (χ3n) is 2.69. The Kier molecular flexibility index (Phi) is 5.65. The molecule has 0 fully saturated rings. The van der Waals surface area contributed by atoms with Gasteiger partial charge in [0.1, 0.15) is 0 Å². The molecule has 9 heteroatoms. The number of carboxylic acids is 1. The summed E-state index contributed by atoms with van der Waals surface area (Å²) in [7, 11) is 1.95. The summed E-state index contributed by atoms with van der Waals surface area (Å²) in [6.07, 6.45) is 0. The SMILES string of the molecule is CCn1c(SCC(=O)O)nnc1N(C)Cc1cc(Br)cs1. The maximum Gasteiger partial charge on any atom is 0.313 e. The lowest BCUT2D eigenvalue weighted by molar-refractivity contribution is -0.133. The van der Waals surface area contributed by atoms with Gasteiger partial charge in [-0.3, -0.25) is 9.36 Å². The zero-order valence-electron chi connectivity index (χ0n) is 11.6. The molecule has 0 saturated heterocycles. The number of aromatic nitrogens is 3. The van der Waals surface area contributed by atoms with E-state index in [1.165, 1.54) is 16.6 Å². The lowest BCUT2D eigenvalue weighted by Crippen LogP contribution is -2.20. The predicted molar refractivity (Wildman–Crippen MR) is 88.2 cm³/mol. The van der Waals surface area contributed by atoms with Crippen molar-refractivity contribution in [2.75, 3.05) is 17.7 Å². The maximum atomic E-state index is 10.7. The molecule has 0 aromatic carbocycles. The van der Waals surface area contributed by atoms with E-state index in [0.717, 1.165) is 17.0 Å². The molecule has 1 N–H and O–H groups in total. The molecule has 0 spiro atoms. The molecule has 2 aromatic rings. The Morgan fingerprint density at radius 3 is 2.90 bits per heavy atom. The molecule has 0 atom stereocenters. The van der Waals surface area contributed by atoms with Crippen LogP contribution in [0.4, 0.5) is 5.95 Å². The van der Waals surface area contributed by atoms with Crippen LogP contribution in [0.3, 0.4) is 0 Å². The number of anilines is 1. The number of hydrogen-bond acceptors (Lipinski definition) is 6. The monoisotopic (exact) mass is 390 g/mol. The summed E-state index contributed by atoms with van der Waals surface area (Å²) in [5.41, 5.74) is 0. The molecule has 0 bridgehead atoms. The second-order valence-corrected chi connectivity index (χ2v) is 7.15. The van der Waals surface area contributed by atoms with Gasteiger partial charge in [0.2, 0.25) is 5.95 Å². The number of carboxylic acid groups (broad SMARTS) is 1. The quantitative estimate of drug-likeness (QED) is 0.732. The molecular weight excluding hydrogens is 376 g/mol. The van der Waals surface area contributed by atoms with E-state index in [4.69, 9.17) is 5.11 Å². The number of nitrogens with zero attached hydrogens (tertiary/aromatic N) is 4. The molecule has 0 unspecified atom stereocenters. The van der Waals surface area contributed by atoms with Crippen LogP contribution >= 0.6 is 39.0 Å². The summed E-state index contributed by atoms with van der Waals surface area (Å²) < 4.78 is 3.00. The second kappa shape index (κ2) is 7.28. The van der Waals surface area contributed by atoms with Gasteiger partial charge in [-0.1, -0.05) is 11.8 Å². The van der Waals surface area contributed by atoms with Gasteiger partial charge in [0.25, 0.3) is 0 Å². The van der Waals surface area contributed by atoms with Crippen LogP contribution in [0.2, 0.25) is 0 Å². The van der Waals surface area contributed by atoms with Crippen molar-refractivity contribution in [2.45, 2.75) is 25.2 Å². The normalized spacial score (nSPS) is 10.8. The van der Waals surface area contributed by atoms with Crippen LogP contribution in [0.15, 0.2) is 21.1 Å². The number of rotatable bonds is 7. The fourth-order valence-corrected chi connectivity index (χ4v) is 4.04. The van der Waals surface area contributed by atoms with E-state index in [-0.39, 0.29) is 5.75 Å². The van der Waals surface area contributed by atoms with Crippen LogP contribution in [0.1, 0.15) is 11.8 Å². The Labute approximate surface area is 139 Å². The van der Waals surface area contributed by atoms with E-state index in [1.54, 1.807) is 11.3 Å². The highest BCUT2D eigenvalue weighted by atomic mass is 79.9. The van der Waals surface area contributed by atoms with E-state index in [2.05, 4.69) is 32.2 Å². The Morgan fingerprint density at radius 1 is 1.57 bits per heavy atom. The minimum absolute atomic E-state index is 0.0142. The highest BCUT2D eigenvalue weighted by molar-refractivity contribution is 9.10. The highest BCUT2D eigenvalue weighted by Gasteiger charge is 2.16. The van der Waals surface area contributed by atoms with Gasteiger partial charge >= 0.3 is 5.97 Å². The third-order valence-corrected chi connectivity index (χ3v) is 5.33. The van der Waals surface area contributed by atoms with Gasteiger partial charge in [-0.2, -0.15) is 0 Å². The fourth-order valence-electron chi connectivity index (χ4n) is 1.81. The van der Waals surface area contributed by atoms with E-state index in [9.17, 15) is 4.79 Å². The number of thiophene rings is 1. The van der Waals surface area contributed by atoms with Gasteiger partial charge in [0.05, 0.1) is 12.3 Å². The lowest BCUT2D eigenvalue weighted by atomic mass is 10.4. The zero-order chi connectivity index (χ0) is 15.4. The molecule has 0 aliphatic rings. The molecule has 0 amide bonds. The van der Waals surface area contributed by atoms with Gasteiger partial charge in [0, 0.05) is 28.3 Å². The van der Waals surface area contributed by atoms with Crippen molar-refractivity contribution in [3.05, 3.63) is 20.8 Å². The van der Waals surface area contributed by atoms with Crippen molar-refractivity contribution >= 4 is 50.9 Å². The fraction of sp³-hybridized carbons (Fsp3) is 0.417. The molecule has 2 rings (SSSR count). The number of hydrogen-bond donors (Lipinski definition) is 1. The number of thioether (sulfide) groups is 1. The maximum absolute atomic E-state index is 10.7. The van der Waals surface area contributed by atoms with Crippen molar-refractivity contribution in [3.63, 3.8) is 0 Å². The average Bonchev–Trinajstić information content (AvgIpc) is 3.02. The topological polar surface area (TPSA) is 71.2 Å². The van der Waals surface area contributed by atoms with Gasteiger partial charge in [0.15, 0.2) is 5.16 Å². The van der Waals surface area contributed by atoms with Crippen LogP contribution in [-0.2, 0) is 17.9 Å². The highest BCUT2D eigenvalue weighted by Crippen LogP contribution is 2.25. The van der Waals surface area contributed by atoms with Crippen molar-refractivity contribution in [3.8, 4) is 0 Å². The molecule has 0 radical (unpaired) electrons. The van der Waals surface area contributed by atoms with E-state index < -0.39 is 5.97 Å². The Balaban J connectivity index is 2.13. The smallest absolute Gasteiger partial charge is 0.313 e. The first-order chi connectivity index (χ1) is 10.0. The second-order valence-electron chi connectivity index (χ2n) is 4.30. The zero-order valence-corrected chi connectivity index (χ0v) is 14.8. The van der Waals surface area contributed by atoms with E-state index in [1.807, 2.05) is 28.8 Å². The van der Waals surface area contributed by atoms with Gasteiger partial charge in [-0.15, -0.1) is 21.5 Å². The first kappa shape index (κ1) is 16.3. The molecule has 2 heterocycles. The standard InChI is InChI=1S/C12H15BrN4O2S2/c1-3-17-11(14-15-12(17)21-7-10(18)19)16(2)5-9-4-8(13)6-20-9/h4,6H,3,5,7H2,1-2H3,(H,18,19). The molecule has 0 aliphatic heterocycles. The van der Waals surface area contributed by atoms with Crippen molar-refractivity contribution in [2.24, 2.45) is 0 Å². The molecule has 6 nitrogen and oxygen atoms in total. The largest absolute Gasteiger partial charge is 0.481 e. The molecule has 0 saturated carbocycles. The first-order valence-electron chi connectivity index (χ1n) is 6.23. The molecular formula is C12H15BrN4O2S2. The minimum Gasteiger partial charge on any atom is -0.481 e. The summed E-state index contributed by atoms with van der Waals surface area (Å²) in [4.78, 5) is 13.9. The number of halogens is 1. The van der Waals surface area contributed by atoms with Gasteiger partial charge < -0.3 is 10.0 Å². The van der Waals surface area contributed by atoms with Crippen molar-refractivity contribution < 1.29 is 9.90 Å². The average molecular weight is 391 g/mol. The number of carbonyl (C=O) groups is 1. The summed E-state index contributed by atoms with van der Waals surface area (Å²) in [6.45, 7) is 3.42. The van der Waals surface area contributed by atoms with Crippen LogP contribution in [-0.4, -0.2) is 38.6 Å². The Bertz CT molecular complexity index is 629.